The van der Waals surface area contributed by atoms with Crippen molar-refractivity contribution in [3.63, 3.8) is 0 Å². The number of benzene rings is 1. The van der Waals surface area contributed by atoms with Gasteiger partial charge >= 0.3 is 0 Å². The quantitative estimate of drug-likeness (QED) is 0.830. The van der Waals surface area contributed by atoms with E-state index in [-0.39, 0.29) is 5.91 Å². The number of aryl methyl sites for hydroxylation is 2. The number of rotatable bonds is 6. The normalized spacial score (nSPS) is 10.6. The molecule has 0 aliphatic rings. The molecule has 1 amide bonds. The summed E-state index contributed by atoms with van der Waals surface area (Å²) in [5.74, 6) is 0.773. The van der Waals surface area contributed by atoms with Crippen molar-refractivity contribution in [3.8, 4) is 11.5 Å². The summed E-state index contributed by atoms with van der Waals surface area (Å²) in [5.41, 5.74) is 2.36. The Bertz CT molecular complexity index is 602. The summed E-state index contributed by atoms with van der Waals surface area (Å²) in [4.78, 5) is 16.4. The third kappa shape index (κ3) is 3.92. The number of aromatic nitrogens is 1. The Hall–Kier alpha value is -2.14. The number of oxazole rings is 1. The van der Waals surface area contributed by atoms with Crippen molar-refractivity contribution in [1.82, 2.24) is 10.3 Å². The summed E-state index contributed by atoms with van der Waals surface area (Å²) in [6, 6.07) is 7.83. The maximum absolute atomic E-state index is 12.1. The van der Waals surface area contributed by atoms with Crippen LogP contribution < -0.4 is 5.32 Å². The van der Waals surface area contributed by atoms with Gasteiger partial charge in [-0.1, -0.05) is 17.7 Å². The van der Waals surface area contributed by atoms with Crippen molar-refractivity contribution in [3.05, 3.63) is 41.3 Å². The van der Waals surface area contributed by atoms with Crippen LogP contribution in [0.1, 0.15) is 28.2 Å². The fourth-order valence-electron chi connectivity index (χ4n) is 1.93. The Labute approximate surface area is 124 Å². The number of hydrogen-bond donors (Lipinski definition) is 1. The topological polar surface area (TPSA) is 64.4 Å². The van der Waals surface area contributed by atoms with Gasteiger partial charge in [-0.15, -0.1) is 0 Å². The Morgan fingerprint density at radius 3 is 2.67 bits per heavy atom. The van der Waals surface area contributed by atoms with Gasteiger partial charge in [-0.2, -0.15) is 0 Å². The highest BCUT2D eigenvalue weighted by atomic mass is 16.5. The number of hydrogen-bond acceptors (Lipinski definition) is 4. The highest BCUT2D eigenvalue weighted by Crippen LogP contribution is 2.22. The van der Waals surface area contributed by atoms with E-state index in [0.717, 1.165) is 17.5 Å². The van der Waals surface area contributed by atoms with Crippen LogP contribution in [0, 0.1) is 13.8 Å². The fourth-order valence-corrected chi connectivity index (χ4v) is 1.93. The third-order valence-corrected chi connectivity index (χ3v) is 3.12. The molecule has 0 atom stereocenters. The van der Waals surface area contributed by atoms with Crippen LogP contribution in [0.3, 0.4) is 0 Å². The lowest BCUT2D eigenvalue weighted by Crippen LogP contribution is -2.26. The Morgan fingerprint density at radius 2 is 2.00 bits per heavy atom. The highest BCUT2D eigenvalue weighted by Gasteiger charge is 2.17. The summed E-state index contributed by atoms with van der Waals surface area (Å²) in [7, 11) is 1.64. The zero-order valence-electron chi connectivity index (χ0n) is 12.6. The third-order valence-electron chi connectivity index (χ3n) is 3.12. The van der Waals surface area contributed by atoms with Gasteiger partial charge in [0.15, 0.2) is 5.69 Å². The van der Waals surface area contributed by atoms with E-state index in [1.54, 1.807) is 14.0 Å². The van der Waals surface area contributed by atoms with Gasteiger partial charge in [0, 0.05) is 25.8 Å². The molecule has 0 bridgehead atoms. The summed E-state index contributed by atoms with van der Waals surface area (Å²) >= 11 is 0. The van der Waals surface area contributed by atoms with Crippen LogP contribution in [0.15, 0.2) is 28.7 Å². The number of ether oxygens (including phenoxy) is 1. The summed E-state index contributed by atoms with van der Waals surface area (Å²) in [6.07, 6.45) is 0.768. The first kappa shape index (κ1) is 15.3. The molecule has 21 heavy (non-hydrogen) atoms. The predicted molar refractivity (Wildman–Crippen MR) is 80.2 cm³/mol. The summed E-state index contributed by atoms with van der Waals surface area (Å²) < 4.78 is 10.5. The molecule has 0 radical (unpaired) electrons. The van der Waals surface area contributed by atoms with Gasteiger partial charge in [-0.3, -0.25) is 4.79 Å². The average Bonchev–Trinajstić information content (AvgIpc) is 2.86. The van der Waals surface area contributed by atoms with Crippen LogP contribution >= 0.6 is 0 Å². The second-order valence-corrected chi connectivity index (χ2v) is 4.89. The monoisotopic (exact) mass is 288 g/mol. The van der Waals surface area contributed by atoms with Gasteiger partial charge in [0.1, 0.15) is 5.76 Å². The van der Waals surface area contributed by atoms with Gasteiger partial charge in [0.05, 0.1) is 0 Å². The Balaban J connectivity index is 2.08. The lowest BCUT2D eigenvalue weighted by Gasteiger charge is -2.02. The minimum atomic E-state index is -0.217. The van der Waals surface area contributed by atoms with Crippen LogP contribution in [0.2, 0.25) is 0 Å². The molecule has 0 saturated carbocycles. The van der Waals surface area contributed by atoms with E-state index >= 15 is 0 Å². The minimum Gasteiger partial charge on any atom is -0.441 e. The highest BCUT2D eigenvalue weighted by molar-refractivity contribution is 5.93. The van der Waals surface area contributed by atoms with E-state index in [1.165, 1.54) is 0 Å². The molecular weight excluding hydrogens is 268 g/mol. The number of methoxy groups -OCH3 is 1. The van der Waals surface area contributed by atoms with Crippen LogP contribution in [-0.2, 0) is 4.74 Å². The van der Waals surface area contributed by atoms with Crippen molar-refractivity contribution in [2.75, 3.05) is 20.3 Å². The summed E-state index contributed by atoms with van der Waals surface area (Å²) in [5, 5.41) is 2.81. The molecule has 0 aliphatic heterocycles. The standard InChI is InChI=1S/C16H20N2O3/c1-11-5-7-13(8-6-11)16-18-14(12(2)21-16)15(19)17-9-4-10-20-3/h5-8H,4,9-10H2,1-3H3,(H,17,19). The predicted octanol–water partition coefficient (Wildman–Crippen LogP) is 2.72. The molecular formula is C16H20N2O3. The van der Waals surface area contributed by atoms with Crippen molar-refractivity contribution in [1.29, 1.82) is 0 Å². The van der Waals surface area contributed by atoms with Crippen molar-refractivity contribution < 1.29 is 13.9 Å². The molecule has 0 spiro atoms. The lowest BCUT2D eigenvalue weighted by atomic mass is 10.1. The maximum atomic E-state index is 12.1. The Morgan fingerprint density at radius 1 is 1.29 bits per heavy atom. The molecule has 0 unspecified atom stereocenters. The smallest absolute Gasteiger partial charge is 0.273 e. The molecule has 2 aromatic rings. The van der Waals surface area contributed by atoms with Crippen LogP contribution in [-0.4, -0.2) is 31.2 Å². The van der Waals surface area contributed by atoms with E-state index < -0.39 is 0 Å². The van der Waals surface area contributed by atoms with Gasteiger partial charge in [-0.05, 0) is 32.4 Å². The number of nitrogens with one attached hydrogen (secondary N) is 1. The molecule has 0 aliphatic carbocycles. The maximum Gasteiger partial charge on any atom is 0.273 e. The Kier molecular flexibility index (Phi) is 5.11. The van der Waals surface area contributed by atoms with E-state index in [9.17, 15) is 4.79 Å². The largest absolute Gasteiger partial charge is 0.441 e. The van der Waals surface area contributed by atoms with Crippen LogP contribution in [0.5, 0.6) is 0 Å². The SMILES string of the molecule is COCCCNC(=O)c1nc(-c2ccc(C)cc2)oc1C. The van der Waals surface area contributed by atoms with Gasteiger partial charge in [0.25, 0.3) is 5.91 Å². The number of carbonyl (C=O) groups is 1. The average molecular weight is 288 g/mol. The molecule has 112 valence electrons. The second-order valence-electron chi connectivity index (χ2n) is 4.89. The van der Waals surface area contributed by atoms with E-state index in [2.05, 4.69) is 10.3 Å². The van der Waals surface area contributed by atoms with Gasteiger partial charge < -0.3 is 14.5 Å². The molecule has 0 fully saturated rings. The molecule has 1 aromatic heterocycles. The molecule has 1 N–H and O–H groups in total. The van der Waals surface area contributed by atoms with Crippen LogP contribution in [0.25, 0.3) is 11.5 Å². The molecule has 1 heterocycles. The van der Waals surface area contributed by atoms with Gasteiger partial charge in [0.2, 0.25) is 5.89 Å². The lowest BCUT2D eigenvalue weighted by molar-refractivity contribution is 0.0943. The number of carbonyl (C=O) groups excluding carboxylic acids is 1. The first-order valence-electron chi connectivity index (χ1n) is 6.93. The van der Waals surface area contributed by atoms with Crippen molar-refractivity contribution >= 4 is 5.91 Å². The van der Waals surface area contributed by atoms with E-state index in [4.69, 9.17) is 9.15 Å². The first-order chi connectivity index (χ1) is 10.1. The summed E-state index contributed by atoms with van der Waals surface area (Å²) in [6.45, 7) is 4.93. The molecule has 0 saturated heterocycles. The second kappa shape index (κ2) is 7.04. The van der Waals surface area contributed by atoms with Crippen molar-refractivity contribution in [2.45, 2.75) is 20.3 Å². The number of amides is 1. The van der Waals surface area contributed by atoms with Crippen molar-refractivity contribution in [2.24, 2.45) is 0 Å². The zero-order chi connectivity index (χ0) is 15.2. The van der Waals surface area contributed by atoms with Gasteiger partial charge in [-0.25, -0.2) is 4.98 Å². The fraction of sp³-hybridized carbons (Fsp3) is 0.375. The molecule has 5 nitrogen and oxygen atoms in total. The first-order valence-corrected chi connectivity index (χ1v) is 6.93. The van der Waals surface area contributed by atoms with Crippen LogP contribution in [0.4, 0.5) is 0 Å². The number of nitrogens with zero attached hydrogens (tertiary/aromatic N) is 1. The van der Waals surface area contributed by atoms with E-state index in [0.29, 0.717) is 30.5 Å². The zero-order valence-corrected chi connectivity index (χ0v) is 12.6. The minimum absolute atomic E-state index is 0.217. The van der Waals surface area contributed by atoms with E-state index in [1.807, 2.05) is 31.2 Å². The molecule has 1 aromatic carbocycles. The molecule has 5 heteroatoms. The molecule has 2 rings (SSSR count).